The van der Waals surface area contributed by atoms with Crippen LogP contribution in [-0.4, -0.2) is 16.1 Å². The summed E-state index contributed by atoms with van der Waals surface area (Å²) in [7, 11) is 0. The van der Waals surface area contributed by atoms with Crippen LogP contribution in [0.2, 0.25) is 0 Å². The molecule has 0 spiro atoms. The van der Waals surface area contributed by atoms with E-state index in [-0.39, 0.29) is 34.9 Å². The van der Waals surface area contributed by atoms with Crippen LogP contribution in [-0.2, 0) is 6.61 Å². The van der Waals surface area contributed by atoms with E-state index in [1.807, 2.05) is 0 Å². The number of aldehydes is 1. The Kier molecular flexibility index (Phi) is 4.42. The minimum absolute atomic E-state index is 0.00721. The molecule has 8 nitrogen and oxygen atoms in total. The third-order valence-electron chi connectivity index (χ3n) is 2.91. The van der Waals surface area contributed by atoms with E-state index in [0.29, 0.717) is 6.29 Å². The molecule has 0 atom stereocenters. The zero-order valence-corrected chi connectivity index (χ0v) is 11.2. The second-order valence-electron chi connectivity index (χ2n) is 4.24. The number of carbonyl (C=O) groups excluding carboxylic acids is 1. The van der Waals surface area contributed by atoms with E-state index < -0.39 is 9.85 Å². The maximum atomic E-state index is 11.0. The highest BCUT2D eigenvalue weighted by molar-refractivity contribution is 5.82. The van der Waals surface area contributed by atoms with Crippen molar-refractivity contribution in [3.63, 3.8) is 0 Å². The molecular formula is C14H10N2O6. The largest absolute Gasteiger partial charge is 0.481 e. The average molecular weight is 302 g/mol. The van der Waals surface area contributed by atoms with Gasteiger partial charge in [0.2, 0.25) is 5.75 Å². The lowest BCUT2D eigenvalue weighted by atomic mass is 10.1. The Hall–Kier alpha value is -3.29. The van der Waals surface area contributed by atoms with E-state index >= 15 is 0 Å². The van der Waals surface area contributed by atoms with Crippen molar-refractivity contribution in [1.29, 1.82) is 0 Å². The molecule has 0 unspecified atom stereocenters. The normalized spacial score (nSPS) is 10.0. The Morgan fingerprint density at radius 2 is 1.59 bits per heavy atom. The molecule has 0 heterocycles. The van der Waals surface area contributed by atoms with Gasteiger partial charge in [-0.15, -0.1) is 0 Å². The smallest absolute Gasteiger partial charge is 0.311 e. The van der Waals surface area contributed by atoms with Crippen LogP contribution in [0.15, 0.2) is 42.5 Å². The molecular weight excluding hydrogens is 292 g/mol. The minimum atomic E-state index is -0.679. The molecule has 0 bridgehead atoms. The number of carbonyl (C=O) groups is 1. The molecule has 112 valence electrons. The summed E-state index contributed by atoms with van der Waals surface area (Å²) in [5, 5.41) is 21.9. The molecule has 0 aliphatic carbocycles. The minimum Gasteiger partial charge on any atom is -0.481 e. The number of hydrogen-bond donors (Lipinski definition) is 0. The molecule has 2 rings (SSSR count). The molecule has 8 heteroatoms. The van der Waals surface area contributed by atoms with E-state index in [0.717, 1.165) is 0 Å². The number of para-hydroxylation sites is 2. The second-order valence-corrected chi connectivity index (χ2v) is 4.24. The molecule has 0 aliphatic heterocycles. The first-order chi connectivity index (χ1) is 10.5. The summed E-state index contributed by atoms with van der Waals surface area (Å²) < 4.78 is 5.32. The van der Waals surface area contributed by atoms with Crippen LogP contribution in [0.3, 0.4) is 0 Å². The van der Waals surface area contributed by atoms with Gasteiger partial charge in [0, 0.05) is 12.1 Å². The number of benzene rings is 2. The van der Waals surface area contributed by atoms with Crippen molar-refractivity contribution in [2.24, 2.45) is 0 Å². The molecule has 2 aromatic carbocycles. The van der Waals surface area contributed by atoms with Gasteiger partial charge in [-0.2, -0.15) is 0 Å². The molecule has 0 radical (unpaired) electrons. The number of nitro benzene ring substituents is 2. The molecule has 0 aromatic heterocycles. The van der Waals surface area contributed by atoms with Crippen molar-refractivity contribution >= 4 is 17.7 Å². The topological polar surface area (TPSA) is 113 Å². The van der Waals surface area contributed by atoms with Gasteiger partial charge in [-0.3, -0.25) is 25.0 Å². The van der Waals surface area contributed by atoms with E-state index in [2.05, 4.69) is 0 Å². The average Bonchev–Trinajstić information content (AvgIpc) is 2.52. The molecule has 22 heavy (non-hydrogen) atoms. The second kappa shape index (κ2) is 6.44. The summed E-state index contributed by atoms with van der Waals surface area (Å²) in [5.41, 5.74) is -0.271. The van der Waals surface area contributed by atoms with E-state index in [4.69, 9.17) is 4.74 Å². The molecule has 0 amide bonds. The van der Waals surface area contributed by atoms with Crippen molar-refractivity contribution in [3.8, 4) is 5.75 Å². The fraction of sp³-hybridized carbons (Fsp3) is 0.0714. The Morgan fingerprint density at radius 1 is 0.955 bits per heavy atom. The quantitative estimate of drug-likeness (QED) is 0.460. The van der Waals surface area contributed by atoms with Gasteiger partial charge in [0.25, 0.3) is 5.69 Å². The molecule has 0 saturated carbocycles. The number of ether oxygens (including phenoxy) is 1. The van der Waals surface area contributed by atoms with E-state index in [1.54, 1.807) is 6.07 Å². The van der Waals surface area contributed by atoms with Gasteiger partial charge < -0.3 is 4.74 Å². The third-order valence-corrected chi connectivity index (χ3v) is 2.91. The molecule has 0 aliphatic rings. The van der Waals surface area contributed by atoms with Gasteiger partial charge in [-0.05, 0) is 12.1 Å². The summed E-state index contributed by atoms with van der Waals surface area (Å²) in [6.07, 6.45) is 0.432. The van der Waals surface area contributed by atoms with Gasteiger partial charge in [0.15, 0.2) is 6.29 Å². The summed E-state index contributed by atoms with van der Waals surface area (Å²) in [6, 6.07) is 9.80. The predicted octanol–water partition coefficient (Wildman–Crippen LogP) is 2.89. The lowest BCUT2D eigenvalue weighted by Crippen LogP contribution is -2.04. The number of nitrogens with zero attached hydrogens (tertiary/aromatic N) is 2. The third kappa shape index (κ3) is 3.06. The van der Waals surface area contributed by atoms with Gasteiger partial charge in [-0.1, -0.05) is 18.2 Å². The van der Waals surface area contributed by atoms with Crippen LogP contribution < -0.4 is 4.74 Å². The lowest BCUT2D eigenvalue weighted by Gasteiger charge is -2.09. The highest BCUT2D eigenvalue weighted by Crippen LogP contribution is 2.31. The molecule has 0 N–H and O–H groups in total. The Balaban J connectivity index is 2.35. The van der Waals surface area contributed by atoms with Crippen LogP contribution in [0.25, 0.3) is 0 Å². The Labute approximate surface area is 124 Å². The van der Waals surface area contributed by atoms with E-state index in [9.17, 15) is 25.0 Å². The van der Waals surface area contributed by atoms with Crippen LogP contribution in [0.1, 0.15) is 15.9 Å². The Morgan fingerprint density at radius 3 is 2.23 bits per heavy atom. The zero-order chi connectivity index (χ0) is 16.1. The highest BCUT2D eigenvalue weighted by atomic mass is 16.6. The molecule has 0 fully saturated rings. The maximum Gasteiger partial charge on any atom is 0.311 e. The molecule has 2 aromatic rings. The number of nitro groups is 2. The van der Waals surface area contributed by atoms with Gasteiger partial charge >= 0.3 is 5.69 Å². The Bertz CT molecular complexity index is 744. The first kappa shape index (κ1) is 15.1. The number of rotatable bonds is 6. The fourth-order valence-corrected chi connectivity index (χ4v) is 1.90. The van der Waals surface area contributed by atoms with E-state index in [1.165, 1.54) is 36.4 Å². The predicted molar refractivity (Wildman–Crippen MR) is 75.9 cm³/mol. The van der Waals surface area contributed by atoms with Gasteiger partial charge in [0.1, 0.15) is 6.61 Å². The van der Waals surface area contributed by atoms with Crippen molar-refractivity contribution < 1.29 is 19.4 Å². The van der Waals surface area contributed by atoms with Crippen molar-refractivity contribution in [2.45, 2.75) is 6.61 Å². The van der Waals surface area contributed by atoms with Crippen LogP contribution >= 0.6 is 0 Å². The standard InChI is InChI=1S/C14H10N2O6/c17-8-10-5-3-7-13(16(20)21)14(10)22-9-11-4-1-2-6-12(11)15(18)19/h1-8H,9H2. The first-order valence-electron chi connectivity index (χ1n) is 6.12. The summed E-state index contributed by atoms with van der Waals surface area (Å²) in [6.45, 7) is -0.261. The fourth-order valence-electron chi connectivity index (χ4n) is 1.90. The van der Waals surface area contributed by atoms with Crippen molar-refractivity contribution in [1.82, 2.24) is 0 Å². The summed E-state index contributed by atoms with van der Waals surface area (Å²) >= 11 is 0. The summed E-state index contributed by atoms with van der Waals surface area (Å²) in [5.74, 6) is -0.208. The molecule has 0 saturated heterocycles. The van der Waals surface area contributed by atoms with Crippen LogP contribution in [0, 0.1) is 20.2 Å². The number of hydrogen-bond acceptors (Lipinski definition) is 6. The van der Waals surface area contributed by atoms with Gasteiger partial charge in [0.05, 0.1) is 21.0 Å². The van der Waals surface area contributed by atoms with Crippen molar-refractivity contribution in [2.75, 3.05) is 0 Å². The first-order valence-corrected chi connectivity index (χ1v) is 6.12. The lowest BCUT2D eigenvalue weighted by molar-refractivity contribution is -0.387. The monoisotopic (exact) mass is 302 g/mol. The van der Waals surface area contributed by atoms with Gasteiger partial charge in [-0.25, -0.2) is 0 Å². The zero-order valence-electron chi connectivity index (χ0n) is 11.2. The maximum absolute atomic E-state index is 11.0. The van der Waals surface area contributed by atoms with Crippen LogP contribution in [0.5, 0.6) is 5.75 Å². The summed E-state index contributed by atoms with van der Waals surface area (Å²) in [4.78, 5) is 31.6. The van der Waals surface area contributed by atoms with Crippen LogP contribution in [0.4, 0.5) is 11.4 Å². The highest BCUT2D eigenvalue weighted by Gasteiger charge is 2.20. The SMILES string of the molecule is O=Cc1cccc([N+](=O)[O-])c1OCc1ccccc1[N+](=O)[O-]. The van der Waals surface area contributed by atoms with Crippen molar-refractivity contribution in [3.05, 3.63) is 73.8 Å².